The van der Waals surface area contributed by atoms with E-state index in [4.69, 9.17) is 11.6 Å². The first-order valence-electron chi connectivity index (χ1n) is 6.37. The number of nitrogens with zero attached hydrogens (tertiary/aromatic N) is 1. The van der Waals surface area contributed by atoms with Crippen LogP contribution in [0.5, 0.6) is 0 Å². The fourth-order valence-electron chi connectivity index (χ4n) is 1.63. The maximum absolute atomic E-state index is 10.9. The molecule has 0 radical (unpaired) electrons. The number of imidazole rings is 1. The van der Waals surface area contributed by atoms with Gasteiger partial charge in [0.15, 0.2) is 5.15 Å². The molecule has 0 bridgehead atoms. The molecule has 0 aliphatic heterocycles. The van der Waals surface area contributed by atoms with E-state index in [0.29, 0.717) is 11.7 Å². The molecular weight excluding hydrogens is 270 g/mol. The Bertz CT molecular complexity index is 381. The maximum atomic E-state index is 10.9. The summed E-state index contributed by atoms with van der Waals surface area (Å²) in [6, 6.07) is 0. The minimum atomic E-state index is -0.704. The number of aryl methyl sites for hydroxylation is 1. The molecule has 1 atom stereocenters. The molecule has 1 unspecified atom stereocenters. The van der Waals surface area contributed by atoms with Crippen molar-refractivity contribution in [2.75, 3.05) is 18.6 Å². The van der Waals surface area contributed by atoms with Gasteiger partial charge < -0.3 is 10.3 Å². The van der Waals surface area contributed by atoms with Gasteiger partial charge in [-0.3, -0.25) is 4.21 Å². The summed E-state index contributed by atoms with van der Waals surface area (Å²) in [6.45, 7) is 3.69. The van der Waals surface area contributed by atoms with Crippen molar-refractivity contribution in [2.24, 2.45) is 0 Å². The van der Waals surface area contributed by atoms with Crippen LogP contribution in [0.3, 0.4) is 0 Å². The maximum Gasteiger partial charge on any atom is 0.151 e. The second-order valence-corrected chi connectivity index (χ2v) is 6.28. The van der Waals surface area contributed by atoms with E-state index in [0.717, 1.165) is 49.5 Å². The molecule has 104 valence electrons. The minimum Gasteiger partial charge on any atom is -0.344 e. The van der Waals surface area contributed by atoms with Crippen LogP contribution in [-0.2, 0) is 23.8 Å². The molecule has 1 heterocycles. The lowest BCUT2D eigenvalue weighted by atomic mass is 10.2. The fourth-order valence-corrected chi connectivity index (χ4v) is 2.40. The third kappa shape index (κ3) is 5.98. The van der Waals surface area contributed by atoms with E-state index in [2.05, 4.69) is 22.2 Å². The first-order chi connectivity index (χ1) is 8.63. The Hall–Kier alpha value is -0.390. The molecule has 0 aliphatic rings. The van der Waals surface area contributed by atoms with Crippen LogP contribution >= 0.6 is 11.6 Å². The van der Waals surface area contributed by atoms with Gasteiger partial charge in [-0.05, 0) is 19.4 Å². The zero-order valence-electron chi connectivity index (χ0n) is 11.1. The van der Waals surface area contributed by atoms with Gasteiger partial charge in [-0.15, -0.1) is 0 Å². The first kappa shape index (κ1) is 15.7. The van der Waals surface area contributed by atoms with E-state index in [1.54, 1.807) is 6.26 Å². The Kier molecular flexibility index (Phi) is 7.54. The molecule has 18 heavy (non-hydrogen) atoms. The quantitative estimate of drug-likeness (QED) is 0.686. The van der Waals surface area contributed by atoms with Crippen molar-refractivity contribution in [2.45, 2.75) is 39.2 Å². The SMILES string of the molecule is CCCCc1nc(Cl)c(CNCCCS(C)=O)[nH]1. The molecule has 0 spiro atoms. The highest BCUT2D eigenvalue weighted by molar-refractivity contribution is 7.84. The zero-order chi connectivity index (χ0) is 13.4. The van der Waals surface area contributed by atoms with Crippen LogP contribution in [0, 0.1) is 0 Å². The summed E-state index contributed by atoms with van der Waals surface area (Å²) in [7, 11) is -0.704. The van der Waals surface area contributed by atoms with Crippen molar-refractivity contribution in [3.63, 3.8) is 0 Å². The molecule has 0 saturated heterocycles. The number of hydrogen-bond donors (Lipinski definition) is 2. The second kappa shape index (κ2) is 8.67. The second-order valence-electron chi connectivity index (χ2n) is 4.36. The number of unbranched alkanes of at least 4 members (excludes halogenated alkanes) is 1. The van der Waals surface area contributed by atoms with E-state index in [-0.39, 0.29) is 0 Å². The zero-order valence-corrected chi connectivity index (χ0v) is 12.7. The predicted octanol–water partition coefficient (Wildman–Crippen LogP) is 2.26. The molecule has 0 fully saturated rings. The summed E-state index contributed by atoms with van der Waals surface area (Å²) in [4.78, 5) is 7.55. The highest BCUT2D eigenvalue weighted by Crippen LogP contribution is 2.13. The Morgan fingerprint density at radius 1 is 1.44 bits per heavy atom. The van der Waals surface area contributed by atoms with Gasteiger partial charge in [0.05, 0.1) is 5.69 Å². The predicted molar refractivity (Wildman–Crippen MR) is 77.5 cm³/mol. The standard InChI is InChI=1S/C12H22ClN3OS/c1-3-4-6-11-15-10(12(13)16-11)9-14-7-5-8-18(2)17/h14H,3-9H2,1-2H3,(H,15,16). The number of aromatic nitrogens is 2. The van der Waals surface area contributed by atoms with Crippen molar-refractivity contribution in [3.05, 3.63) is 16.7 Å². The smallest absolute Gasteiger partial charge is 0.151 e. The van der Waals surface area contributed by atoms with Crippen LogP contribution < -0.4 is 5.32 Å². The van der Waals surface area contributed by atoms with E-state index in [9.17, 15) is 4.21 Å². The van der Waals surface area contributed by atoms with Crippen LogP contribution in [0.25, 0.3) is 0 Å². The van der Waals surface area contributed by atoms with Crippen LogP contribution in [0.1, 0.15) is 37.7 Å². The minimum absolute atomic E-state index is 0.563. The van der Waals surface area contributed by atoms with E-state index >= 15 is 0 Å². The third-order valence-electron chi connectivity index (χ3n) is 2.63. The highest BCUT2D eigenvalue weighted by atomic mass is 35.5. The summed E-state index contributed by atoms with van der Waals surface area (Å²) in [5.41, 5.74) is 0.945. The van der Waals surface area contributed by atoms with E-state index in [1.807, 2.05) is 0 Å². The fraction of sp³-hybridized carbons (Fsp3) is 0.750. The summed E-state index contributed by atoms with van der Waals surface area (Å²) >= 11 is 6.06. The summed E-state index contributed by atoms with van der Waals surface area (Å²) in [5, 5.41) is 3.84. The molecule has 1 aromatic rings. The Balaban J connectivity index is 2.28. The topological polar surface area (TPSA) is 57.8 Å². The number of hydrogen-bond acceptors (Lipinski definition) is 3. The first-order valence-corrected chi connectivity index (χ1v) is 8.48. The van der Waals surface area contributed by atoms with Crippen molar-refractivity contribution in [3.8, 4) is 0 Å². The van der Waals surface area contributed by atoms with Crippen LogP contribution in [-0.4, -0.2) is 32.7 Å². The number of rotatable bonds is 9. The number of nitrogens with one attached hydrogen (secondary N) is 2. The van der Waals surface area contributed by atoms with E-state index < -0.39 is 10.8 Å². The molecule has 6 heteroatoms. The van der Waals surface area contributed by atoms with Gasteiger partial charge in [-0.1, -0.05) is 24.9 Å². The van der Waals surface area contributed by atoms with Crippen LogP contribution in [0.15, 0.2) is 0 Å². The van der Waals surface area contributed by atoms with Crippen LogP contribution in [0.2, 0.25) is 5.15 Å². The lowest BCUT2D eigenvalue weighted by Crippen LogP contribution is -2.17. The number of H-pyrrole nitrogens is 1. The van der Waals surface area contributed by atoms with Gasteiger partial charge in [0.2, 0.25) is 0 Å². The normalized spacial score (nSPS) is 12.8. The Morgan fingerprint density at radius 3 is 2.89 bits per heavy atom. The number of aromatic amines is 1. The Labute approximate surface area is 116 Å². The average molecular weight is 292 g/mol. The van der Waals surface area contributed by atoms with Crippen molar-refractivity contribution in [1.29, 1.82) is 0 Å². The monoisotopic (exact) mass is 291 g/mol. The largest absolute Gasteiger partial charge is 0.344 e. The van der Waals surface area contributed by atoms with Gasteiger partial charge in [0.1, 0.15) is 5.82 Å². The average Bonchev–Trinajstić information content (AvgIpc) is 2.67. The van der Waals surface area contributed by atoms with Gasteiger partial charge in [-0.2, -0.15) is 0 Å². The van der Waals surface area contributed by atoms with Crippen molar-refractivity contribution >= 4 is 22.4 Å². The molecule has 2 N–H and O–H groups in total. The molecular formula is C12H22ClN3OS. The molecule has 1 aromatic heterocycles. The highest BCUT2D eigenvalue weighted by Gasteiger charge is 2.07. The van der Waals surface area contributed by atoms with Crippen molar-refractivity contribution < 1.29 is 4.21 Å². The Morgan fingerprint density at radius 2 is 2.22 bits per heavy atom. The van der Waals surface area contributed by atoms with Crippen molar-refractivity contribution in [1.82, 2.24) is 15.3 Å². The van der Waals surface area contributed by atoms with Gasteiger partial charge in [-0.25, -0.2) is 4.98 Å². The third-order valence-corrected chi connectivity index (χ3v) is 3.81. The molecule has 0 amide bonds. The van der Waals surface area contributed by atoms with Gasteiger partial charge >= 0.3 is 0 Å². The number of halogens is 1. The molecule has 1 rings (SSSR count). The van der Waals surface area contributed by atoms with E-state index in [1.165, 1.54) is 0 Å². The van der Waals surface area contributed by atoms with Crippen LogP contribution in [0.4, 0.5) is 0 Å². The molecule has 0 aliphatic carbocycles. The summed E-state index contributed by atoms with van der Waals surface area (Å²) in [6.07, 6.45) is 5.87. The summed E-state index contributed by atoms with van der Waals surface area (Å²) < 4.78 is 10.9. The molecule has 4 nitrogen and oxygen atoms in total. The molecule has 0 aromatic carbocycles. The lowest BCUT2D eigenvalue weighted by molar-refractivity contribution is 0.655. The van der Waals surface area contributed by atoms with Gasteiger partial charge in [0.25, 0.3) is 0 Å². The van der Waals surface area contributed by atoms with Gasteiger partial charge in [0, 0.05) is 35.8 Å². The lowest BCUT2D eigenvalue weighted by Gasteiger charge is -2.02. The summed E-state index contributed by atoms with van der Waals surface area (Å²) in [5.74, 6) is 1.71. The molecule has 0 saturated carbocycles.